The minimum Gasteiger partial charge on any atom is -0.353 e. The fourth-order valence-electron chi connectivity index (χ4n) is 5.09. The van der Waals surface area contributed by atoms with Crippen LogP contribution in [0.1, 0.15) is 27.1 Å². The first-order valence-corrected chi connectivity index (χ1v) is 15.5. The summed E-state index contributed by atoms with van der Waals surface area (Å²) in [5.41, 5.74) is 4.63. The molecule has 0 aliphatic carbocycles. The fraction of sp³-hybridized carbons (Fsp3) is 0.333. The highest BCUT2D eigenvalue weighted by atomic mass is 32.2. The van der Waals surface area contributed by atoms with Gasteiger partial charge in [-0.2, -0.15) is 0 Å². The van der Waals surface area contributed by atoms with Crippen molar-refractivity contribution in [2.75, 3.05) is 74.6 Å². The molecule has 41 heavy (non-hydrogen) atoms. The molecule has 216 valence electrons. The molecular weight excluding hydrogens is 540 g/mol. The first-order valence-electron chi connectivity index (χ1n) is 13.7. The lowest BCUT2D eigenvalue weighted by Gasteiger charge is -2.32. The number of likely N-dealkylation sites (N-methyl/N-ethyl adjacent to an activating group) is 1. The third-order valence-electron chi connectivity index (χ3n) is 7.65. The molecule has 1 saturated heterocycles. The van der Waals surface area contributed by atoms with Gasteiger partial charge >= 0.3 is 0 Å². The molecule has 0 spiro atoms. The lowest BCUT2D eigenvalue weighted by molar-refractivity contribution is 0.0948. The molecule has 5 rings (SSSR count). The summed E-state index contributed by atoms with van der Waals surface area (Å²) in [4.78, 5) is 30.7. The van der Waals surface area contributed by atoms with Gasteiger partial charge in [-0.15, -0.1) is 0 Å². The van der Waals surface area contributed by atoms with Crippen LogP contribution in [0.5, 0.6) is 0 Å². The average molecular weight is 577 g/mol. The monoisotopic (exact) mass is 576 g/mol. The van der Waals surface area contributed by atoms with Crippen LogP contribution in [-0.2, 0) is 10.0 Å². The summed E-state index contributed by atoms with van der Waals surface area (Å²) in [6.45, 7) is 5.78. The van der Waals surface area contributed by atoms with Crippen molar-refractivity contribution >= 4 is 44.6 Å². The number of piperazine rings is 1. The Morgan fingerprint density at radius 2 is 1.68 bits per heavy atom. The molecule has 2 amide bonds. The van der Waals surface area contributed by atoms with Crippen molar-refractivity contribution < 1.29 is 18.0 Å². The average Bonchev–Trinajstić information content (AvgIpc) is 3.09. The van der Waals surface area contributed by atoms with E-state index in [0.717, 1.165) is 51.0 Å². The molecule has 0 atom stereocenters. The van der Waals surface area contributed by atoms with Crippen molar-refractivity contribution in [1.82, 2.24) is 15.1 Å². The predicted molar refractivity (Wildman–Crippen MR) is 164 cm³/mol. The van der Waals surface area contributed by atoms with E-state index in [2.05, 4.69) is 32.8 Å². The van der Waals surface area contributed by atoms with E-state index in [4.69, 9.17) is 0 Å². The number of benzene rings is 3. The summed E-state index contributed by atoms with van der Waals surface area (Å²) >= 11 is 0. The van der Waals surface area contributed by atoms with Crippen molar-refractivity contribution in [3.63, 3.8) is 0 Å². The first-order chi connectivity index (χ1) is 19.6. The molecule has 0 unspecified atom stereocenters. The number of carbonyl (C=O) groups excluding carboxylic acids is 2. The molecule has 0 saturated carbocycles. The SMILES string of the molecule is CN1CCN(CCCNC(=O)c2ccc3c(c2)Nc2cc(-c4ccccc4N(C)S(C)(=O)=O)ccc2C(=O)N3)CC1. The largest absolute Gasteiger partial charge is 0.353 e. The van der Waals surface area contributed by atoms with Crippen molar-refractivity contribution in [1.29, 1.82) is 0 Å². The van der Waals surface area contributed by atoms with Gasteiger partial charge in [0.1, 0.15) is 0 Å². The second-order valence-corrected chi connectivity index (χ2v) is 12.6. The molecule has 0 aromatic heterocycles. The molecule has 2 heterocycles. The normalized spacial score (nSPS) is 15.6. The first kappa shape index (κ1) is 28.6. The van der Waals surface area contributed by atoms with E-state index in [9.17, 15) is 18.0 Å². The topological polar surface area (TPSA) is 114 Å². The Balaban J connectivity index is 1.33. The number of hydrogen-bond donors (Lipinski definition) is 3. The van der Waals surface area contributed by atoms with Gasteiger partial charge in [-0.1, -0.05) is 24.3 Å². The zero-order valence-electron chi connectivity index (χ0n) is 23.6. The lowest BCUT2D eigenvalue weighted by atomic mass is 10.0. The maximum atomic E-state index is 13.0. The number of rotatable bonds is 8. The van der Waals surface area contributed by atoms with Crippen LogP contribution in [0.4, 0.5) is 22.7 Å². The minimum absolute atomic E-state index is 0.171. The van der Waals surface area contributed by atoms with E-state index < -0.39 is 10.0 Å². The van der Waals surface area contributed by atoms with Gasteiger partial charge in [0.15, 0.2) is 0 Å². The van der Waals surface area contributed by atoms with Gasteiger partial charge in [0.2, 0.25) is 10.0 Å². The van der Waals surface area contributed by atoms with Gasteiger partial charge in [-0.05, 0) is 62.0 Å². The van der Waals surface area contributed by atoms with Crippen molar-refractivity contribution in [2.24, 2.45) is 0 Å². The standard InChI is InChI=1S/C30H36N6O4S/c1-34-15-17-36(18-16-34)14-6-13-31-29(37)22-10-12-25-27(20-22)32-26-19-21(9-11-24(26)30(38)33-25)23-7-4-5-8-28(23)35(2)41(3,39)40/h4-5,7-12,19-20,32H,6,13-18H2,1-3H3,(H,31,37)(H,33,38). The van der Waals surface area contributed by atoms with E-state index in [0.29, 0.717) is 46.0 Å². The Labute approximate surface area is 241 Å². The molecular formula is C30H36N6O4S. The summed E-state index contributed by atoms with van der Waals surface area (Å²) in [5, 5.41) is 9.25. The predicted octanol–water partition coefficient (Wildman–Crippen LogP) is 3.43. The Morgan fingerprint density at radius 1 is 0.927 bits per heavy atom. The van der Waals surface area contributed by atoms with Gasteiger partial charge in [-0.25, -0.2) is 8.42 Å². The van der Waals surface area contributed by atoms with E-state index in [1.807, 2.05) is 18.2 Å². The molecule has 2 aliphatic rings. The fourth-order valence-corrected chi connectivity index (χ4v) is 5.61. The number of carbonyl (C=O) groups is 2. The van der Waals surface area contributed by atoms with Crippen molar-refractivity contribution in [3.05, 3.63) is 71.8 Å². The quantitative estimate of drug-likeness (QED) is 0.352. The second-order valence-electron chi connectivity index (χ2n) is 10.6. The zero-order chi connectivity index (χ0) is 29.1. The van der Waals surface area contributed by atoms with Crippen molar-refractivity contribution in [2.45, 2.75) is 6.42 Å². The zero-order valence-corrected chi connectivity index (χ0v) is 24.4. The van der Waals surface area contributed by atoms with E-state index in [-0.39, 0.29) is 11.8 Å². The number of sulfonamides is 1. The maximum absolute atomic E-state index is 13.0. The van der Waals surface area contributed by atoms with Crippen molar-refractivity contribution in [3.8, 4) is 11.1 Å². The van der Waals surface area contributed by atoms with Gasteiger partial charge in [0.05, 0.1) is 34.6 Å². The molecule has 11 heteroatoms. The lowest BCUT2D eigenvalue weighted by Crippen LogP contribution is -2.45. The smallest absolute Gasteiger partial charge is 0.257 e. The van der Waals surface area contributed by atoms with Gasteiger partial charge in [0.25, 0.3) is 11.8 Å². The molecule has 3 aromatic rings. The minimum atomic E-state index is -3.48. The van der Waals surface area contributed by atoms with Crippen LogP contribution in [0.25, 0.3) is 11.1 Å². The molecule has 3 aromatic carbocycles. The highest BCUT2D eigenvalue weighted by molar-refractivity contribution is 7.92. The van der Waals surface area contributed by atoms with Crippen LogP contribution >= 0.6 is 0 Å². The number of fused-ring (bicyclic) bond motifs is 2. The summed E-state index contributed by atoms with van der Waals surface area (Å²) in [6, 6.07) is 17.7. The van der Waals surface area contributed by atoms with E-state index in [1.165, 1.54) is 11.4 Å². The summed E-state index contributed by atoms with van der Waals surface area (Å²) < 4.78 is 25.7. The maximum Gasteiger partial charge on any atom is 0.257 e. The second kappa shape index (κ2) is 11.9. The number of anilines is 4. The molecule has 1 fully saturated rings. The molecule has 0 radical (unpaired) electrons. The number of nitrogens with one attached hydrogen (secondary N) is 3. The number of amides is 2. The third-order valence-corrected chi connectivity index (χ3v) is 8.84. The van der Waals surface area contributed by atoms with Gasteiger partial charge in [-0.3, -0.25) is 13.9 Å². The summed E-state index contributed by atoms with van der Waals surface area (Å²) in [5.74, 6) is -0.448. The van der Waals surface area contributed by atoms with Crippen LogP contribution in [0.15, 0.2) is 60.7 Å². The van der Waals surface area contributed by atoms with Crippen LogP contribution in [0, 0.1) is 0 Å². The third kappa shape index (κ3) is 6.53. The Morgan fingerprint density at radius 3 is 2.44 bits per heavy atom. The highest BCUT2D eigenvalue weighted by Gasteiger charge is 2.23. The summed E-state index contributed by atoms with van der Waals surface area (Å²) in [6.07, 6.45) is 2.03. The summed E-state index contributed by atoms with van der Waals surface area (Å²) in [7, 11) is 0.171. The van der Waals surface area contributed by atoms with Crippen LogP contribution < -0.4 is 20.3 Å². The molecule has 10 nitrogen and oxygen atoms in total. The number of nitrogens with zero attached hydrogens (tertiary/aromatic N) is 3. The van der Waals surface area contributed by atoms with E-state index in [1.54, 1.807) is 42.5 Å². The van der Waals surface area contributed by atoms with Gasteiger partial charge < -0.3 is 25.8 Å². The molecule has 0 bridgehead atoms. The molecule has 2 aliphatic heterocycles. The van der Waals surface area contributed by atoms with E-state index >= 15 is 0 Å². The number of para-hydroxylation sites is 1. The van der Waals surface area contributed by atoms with Crippen LogP contribution in [0.3, 0.4) is 0 Å². The Hall–Kier alpha value is -3.93. The highest BCUT2D eigenvalue weighted by Crippen LogP contribution is 2.37. The van der Waals surface area contributed by atoms with Gasteiger partial charge in [0, 0.05) is 50.9 Å². The van der Waals surface area contributed by atoms with Crippen LogP contribution in [0.2, 0.25) is 0 Å². The Kier molecular flexibility index (Phi) is 8.30. The van der Waals surface area contributed by atoms with Crippen LogP contribution in [-0.4, -0.2) is 89.7 Å². The Bertz CT molecular complexity index is 1570. The molecule has 3 N–H and O–H groups in total. The number of hydrogen-bond acceptors (Lipinski definition) is 7.